The molecule has 8 heteroatoms. The maximum atomic E-state index is 12.5. The van der Waals surface area contributed by atoms with Crippen LogP contribution in [0.25, 0.3) is 0 Å². The van der Waals surface area contributed by atoms with Gasteiger partial charge in [-0.05, 0) is 31.4 Å². The van der Waals surface area contributed by atoms with E-state index in [0.29, 0.717) is 26.2 Å². The zero-order chi connectivity index (χ0) is 17.3. The highest BCUT2D eigenvalue weighted by Gasteiger charge is 2.30. The van der Waals surface area contributed by atoms with E-state index in [-0.39, 0.29) is 39.5 Å². The molecule has 2 amide bonds. The number of hydrogen-bond acceptors (Lipinski definition) is 4. The number of carbonyl (C=O) groups excluding carboxylic acids is 2. The molecule has 1 aliphatic carbocycles. The highest BCUT2D eigenvalue weighted by atomic mass is 35.5. The van der Waals surface area contributed by atoms with Gasteiger partial charge in [0.05, 0.1) is 10.6 Å². The number of hydrogen-bond donors (Lipinski definition) is 1. The normalized spacial score (nSPS) is 18.2. The van der Waals surface area contributed by atoms with Crippen LogP contribution in [-0.4, -0.2) is 59.2 Å². The van der Waals surface area contributed by atoms with Crippen molar-refractivity contribution in [3.05, 3.63) is 27.7 Å². The van der Waals surface area contributed by atoms with E-state index in [9.17, 15) is 14.7 Å². The van der Waals surface area contributed by atoms with Crippen LogP contribution in [0.1, 0.15) is 29.6 Å². The first kappa shape index (κ1) is 17.2. The maximum Gasteiger partial charge on any atom is 0.410 e. The summed E-state index contributed by atoms with van der Waals surface area (Å²) in [5, 5.41) is 10.3. The number of phenolic OH excluding ortho intramolecular Hbond substituents is 1. The summed E-state index contributed by atoms with van der Waals surface area (Å²) in [6, 6.07) is 2.77. The lowest BCUT2D eigenvalue weighted by Crippen LogP contribution is -2.51. The Balaban J connectivity index is 1.60. The van der Waals surface area contributed by atoms with E-state index < -0.39 is 0 Å². The van der Waals surface area contributed by atoms with E-state index in [1.807, 2.05) is 0 Å². The number of aromatic hydroxyl groups is 1. The second-order valence-corrected chi connectivity index (χ2v) is 6.84. The van der Waals surface area contributed by atoms with Gasteiger partial charge >= 0.3 is 6.09 Å². The van der Waals surface area contributed by atoms with Crippen molar-refractivity contribution in [3.8, 4) is 5.75 Å². The van der Waals surface area contributed by atoms with Crippen molar-refractivity contribution in [1.29, 1.82) is 0 Å². The molecule has 3 rings (SSSR count). The van der Waals surface area contributed by atoms with Crippen LogP contribution in [0, 0.1) is 0 Å². The number of ether oxygens (including phenoxy) is 1. The van der Waals surface area contributed by atoms with Crippen LogP contribution in [0.15, 0.2) is 12.1 Å². The largest absolute Gasteiger partial charge is 0.506 e. The minimum Gasteiger partial charge on any atom is -0.506 e. The average molecular weight is 373 g/mol. The van der Waals surface area contributed by atoms with Crippen molar-refractivity contribution in [2.75, 3.05) is 26.2 Å². The lowest BCUT2D eigenvalue weighted by molar-refractivity contribution is 0.0162. The Labute approximate surface area is 149 Å². The van der Waals surface area contributed by atoms with Crippen LogP contribution in [0.5, 0.6) is 5.75 Å². The number of benzene rings is 1. The number of nitrogens with zero attached hydrogens (tertiary/aromatic N) is 2. The van der Waals surface area contributed by atoms with Crippen LogP contribution < -0.4 is 0 Å². The van der Waals surface area contributed by atoms with Gasteiger partial charge in [0.1, 0.15) is 11.9 Å². The Morgan fingerprint density at radius 2 is 1.71 bits per heavy atom. The van der Waals surface area contributed by atoms with Gasteiger partial charge in [-0.1, -0.05) is 23.2 Å². The summed E-state index contributed by atoms with van der Waals surface area (Å²) in [5.74, 6) is -0.637. The molecule has 24 heavy (non-hydrogen) atoms. The van der Waals surface area contributed by atoms with Crippen molar-refractivity contribution in [1.82, 2.24) is 9.80 Å². The standard InChI is InChI=1S/C16H18Cl2N2O4/c17-10-8-12(14(21)13(18)9-10)15(22)19-4-6-20(7-5-19)16(23)24-11-2-1-3-11/h8-9,11,21H,1-7H2. The zero-order valence-electron chi connectivity index (χ0n) is 13.0. The molecule has 6 nitrogen and oxygen atoms in total. The molecule has 1 saturated heterocycles. The lowest BCUT2D eigenvalue weighted by Gasteiger charge is -2.36. The first-order valence-electron chi connectivity index (χ1n) is 7.88. The molecule has 0 radical (unpaired) electrons. The summed E-state index contributed by atoms with van der Waals surface area (Å²) in [7, 11) is 0. The van der Waals surface area contributed by atoms with Gasteiger partial charge in [0.25, 0.3) is 5.91 Å². The van der Waals surface area contributed by atoms with Crippen molar-refractivity contribution < 1.29 is 19.4 Å². The fourth-order valence-electron chi connectivity index (χ4n) is 2.70. The number of carbonyl (C=O) groups is 2. The van der Waals surface area contributed by atoms with E-state index in [1.165, 1.54) is 12.1 Å². The summed E-state index contributed by atoms with van der Waals surface area (Å²) in [6.07, 6.45) is 2.69. The molecule has 1 aromatic rings. The Hall–Kier alpha value is -1.66. The Kier molecular flexibility index (Phi) is 5.06. The smallest absolute Gasteiger partial charge is 0.410 e. The van der Waals surface area contributed by atoms with Gasteiger partial charge in [-0.15, -0.1) is 0 Å². The molecule has 1 heterocycles. The number of phenols is 1. The summed E-state index contributed by atoms with van der Waals surface area (Å²) >= 11 is 11.8. The number of piperazine rings is 1. The fraction of sp³-hybridized carbons (Fsp3) is 0.500. The van der Waals surface area contributed by atoms with E-state index in [2.05, 4.69) is 0 Å². The van der Waals surface area contributed by atoms with Gasteiger partial charge in [-0.3, -0.25) is 4.79 Å². The third-order valence-electron chi connectivity index (χ3n) is 4.40. The second-order valence-electron chi connectivity index (χ2n) is 6.00. The van der Waals surface area contributed by atoms with E-state index >= 15 is 0 Å². The summed E-state index contributed by atoms with van der Waals surface area (Å²) in [5.41, 5.74) is 0.0676. The lowest BCUT2D eigenvalue weighted by atomic mass is 9.96. The van der Waals surface area contributed by atoms with Crippen molar-refractivity contribution in [3.63, 3.8) is 0 Å². The maximum absolute atomic E-state index is 12.5. The average Bonchev–Trinajstić information content (AvgIpc) is 2.53. The summed E-state index contributed by atoms with van der Waals surface area (Å²) < 4.78 is 5.37. The number of amides is 2. The van der Waals surface area contributed by atoms with Gasteiger partial charge in [0.2, 0.25) is 0 Å². The minimum atomic E-state index is -0.357. The van der Waals surface area contributed by atoms with Crippen LogP contribution >= 0.6 is 23.2 Å². The minimum absolute atomic E-state index is 0.0357. The van der Waals surface area contributed by atoms with Gasteiger partial charge in [0.15, 0.2) is 0 Å². The molecule has 2 aliphatic rings. The Morgan fingerprint density at radius 1 is 1.08 bits per heavy atom. The first-order valence-corrected chi connectivity index (χ1v) is 8.64. The van der Waals surface area contributed by atoms with Gasteiger partial charge in [-0.25, -0.2) is 4.79 Å². The van der Waals surface area contributed by atoms with E-state index in [0.717, 1.165) is 19.3 Å². The third-order valence-corrected chi connectivity index (χ3v) is 4.91. The Bertz CT molecular complexity index is 656. The third kappa shape index (κ3) is 3.54. The van der Waals surface area contributed by atoms with E-state index in [4.69, 9.17) is 27.9 Å². The predicted molar refractivity (Wildman–Crippen MR) is 89.7 cm³/mol. The molecular weight excluding hydrogens is 355 g/mol. The Morgan fingerprint density at radius 3 is 2.29 bits per heavy atom. The molecule has 0 unspecified atom stereocenters. The topological polar surface area (TPSA) is 70.1 Å². The SMILES string of the molecule is O=C(OC1CCC1)N1CCN(C(=O)c2cc(Cl)cc(Cl)c2O)CC1. The van der Waals surface area contributed by atoms with Crippen LogP contribution in [0.2, 0.25) is 10.0 Å². The van der Waals surface area contributed by atoms with Crippen molar-refractivity contribution in [2.45, 2.75) is 25.4 Å². The summed E-state index contributed by atoms with van der Waals surface area (Å²) in [4.78, 5) is 27.7. The second kappa shape index (κ2) is 7.07. The quantitative estimate of drug-likeness (QED) is 0.865. The zero-order valence-corrected chi connectivity index (χ0v) is 14.5. The summed E-state index contributed by atoms with van der Waals surface area (Å²) in [6.45, 7) is 1.52. The molecule has 1 saturated carbocycles. The van der Waals surface area contributed by atoms with Crippen LogP contribution in [0.3, 0.4) is 0 Å². The van der Waals surface area contributed by atoms with Crippen LogP contribution in [0.4, 0.5) is 4.79 Å². The molecule has 0 spiro atoms. The van der Waals surface area contributed by atoms with Crippen molar-refractivity contribution in [2.24, 2.45) is 0 Å². The monoisotopic (exact) mass is 372 g/mol. The highest BCUT2D eigenvalue weighted by molar-refractivity contribution is 6.36. The van der Waals surface area contributed by atoms with Crippen molar-refractivity contribution >= 4 is 35.2 Å². The molecule has 0 atom stereocenters. The molecule has 130 valence electrons. The van der Waals surface area contributed by atoms with Gasteiger partial charge in [-0.2, -0.15) is 0 Å². The molecule has 1 aromatic carbocycles. The van der Waals surface area contributed by atoms with E-state index in [1.54, 1.807) is 9.80 Å². The molecule has 0 bridgehead atoms. The van der Waals surface area contributed by atoms with Gasteiger partial charge < -0.3 is 19.6 Å². The predicted octanol–water partition coefficient (Wildman–Crippen LogP) is 3.15. The molecule has 1 aliphatic heterocycles. The van der Waals surface area contributed by atoms with Gasteiger partial charge in [0, 0.05) is 31.2 Å². The number of halogens is 2. The first-order chi connectivity index (χ1) is 11.5. The fourth-order valence-corrected chi connectivity index (χ4v) is 3.19. The molecular formula is C16H18Cl2N2O4. The number of rotatable bonds is 2. The molecule has 0 aromatic heterocycles. The molecule has 2 fully saturated rings. The van der Waals surface area contributed by atoms with Crippen LogP contribution in [-0.2, 0) is 4.74 Å². The highest BCUT2D eigenvalue weighted by Crippen LogP contribution is 2.32. The molecule has 1 N–H and O–H groups in total.